The number of pyridine rings is 1. The monoisotopic (exact) mass is 427 g/mol. The lowest BCUT2D eigenvalue weighted by molar-refractivity contribution is 0.0713. The van der Waals surface area contributed by atoms with Crippen LogP contribution in [0.1, 0.15) is 25.0 Å². The zero-order valence-corrected chi connectivity index (χ0v) is 17.2. The van der Waals surface area contributed by atoms with Crippen LogP contribution in [0.25, 0.3) is 32.6 Å². The van der Waals surface area contributed by atoms with Crippen LogP contribution in [-0.2, 0) is 12.1 Å². The molecule has 3 heterocycles. The number of nitrogens with zero attached hydrogens (tertiary/aromatic N) is 7. The molecule has 1 aliphatic carbocycles. The Morgan fingerprint density at radius 2 is 2.13 bits per heavy atom. The Bertz CT molecular complexity index is 1350. The lowest BCUT2D eigenvalue weighted by Gasteiger charge is -2.42. The molecule has 0 unspecified atom stereocenters. The Hall–Kier alpha value is -3.66. The van der Waals surface area contributed by atoms with E-state index in [2.05, 4.69) is 27.2 Å². The summed E-state index contributed by atoms with van der Waals surface area (Å²) in [7, 11) is 0. The van der Waals surface area contributed by atoms with E-state index in [0.717, 1.165) is 26.9 Å². The van der Waals surface area contributed by atoms with Crippen molar-refractivity contribution in [3.05, 3.63) is 47.9 Å². The quantitative estimate of drug-likeness (QED) is 0.515. The first-order valence-electron chi connectivity index (χ1n) is 9.79. The molecule has 1 aromatic carbocycles. The van der Waals surface area contributed by atoms with Crippen LogP contribution in [0.2, 0.25) is 0 Å². The summed E-state index contributed by atoms with van der Waals surface area (Å²) >= 11 is 1.46. The summed E-state index contributed by atoms with van der Waals surface area (Å²) in [6.45, 7) is -0.138. The first-order valence-corrected chi connectivity index (χ1v) is 10.7. The number of hydrogen-bond donors (Lipinski definition) is 1. The predicted molar refractivity (Wildman–Crippen MR) is 114 cm³/mol. The minimum Gasteiger partial charge on any atom is -0.390 e. The summed E-state index contributed by atoms with van der Waals surface area (Å²) in [4.78, 5) is 11.3. The third-order valence-corrected chi connectivity index (χ3v) is 6.73. The van der Waals surface area contributed by atoms with E-state index in [0.29, 0.717) is 24.2 Å². The minimum absolute atomic E-state index is 0.0700. The van der Waals surface area contributed by atoms with Crippen molar-refractivity contribution in [1.82, 2.24) is 25.0 Å². The van der Waals surface area contributed by atoms with Crippen molar-refractivity contribution in [1.29, 1.82) is 10.5 Å². The molecule has 1 aliphatic rings. The van der Waals surface area contributed by atoms with Gasteiger partial charge in [-0.2, -0.15) is 25.5 Å². The van der Waals surface area contributed by atoms with E-state index in [-0.39, 0.29) is 18.9 Å². The molecule has 0 atom stereocenters. The first-order chi connectivity index (χ1) is 15.2. The third-order valence-electron chi connectivity index (χ3n) is 5.81. The van der Waals surface area contributed by atoms with E-state index in [1.54, 1.807) is 22.7 Å². The van der Waals surface area contributed by atoms with Gasteiger partial charge in [0.15, 0.2) is 0 Å². The van der Waals surface area contributed by atoms with Crippen LogP contribution in [0, 0.1) is 28.6 Å². The molecule has 8 nitrogen and oxygen atoms in total. The van der Waals surface area contributed by atoms with Gasteiger partial charge < -0.3 is 5.11 Å². The van der Waals surface area contributed by atoms with E-state index < -0.39 is 5.54 Å². The van der Waals surface area contributed by atoms with Gasteiger partial charge in [-0.05, 0) is 36.6 Å². The van der Waals surface area contributed by atoms with Gasteiger partial charge in [0, 0.05) is 17.1 Å². The van der Waals surface area contributed by atoms with Crippen LogP contribution in [-0.4, -0.2) is 30.1 Å². The second-order valence-corrected chi connectivity index (χ2v) is 8.55. The van der Waals surface area contributed by atoms with Gasteiger partial charge in [-0.25, -0.2) is 4.98 Å². The highest BCUT2D eigenvalue weighted by Crippen LogP contribution is 2.45. The molecule has 4 aromatic rings. The number of nitriles is 2. The standard InChI is InChI=1S/C22H17N7OS/c23-4-3-22(8-14(9-22)10-24)29-27-11-19(28-29)17-6-15(21-20(12-30)26-13-31-21)7-18-16(17)2-1-5-25-18/h1-2,5-7,11,13-14,30H,3,8-9,12H2/t14-,22-. The zero-order chi connectivity index (χ0) is 21.4. The molecule has 0 spiro atoms. The van der Waals surface area contributed by atoms with E-state index in [4.69, 9.17) is 5.10 Å². The fourth-order valence-corrected chi connectivity index (χ4v) is 5.02. The van der Waals surface area contributed by atoms with Crippen LogP contribution >= 0.6 is 11.3 Å². The molecule has 9 heteroatoms. The maximum atomic E-state index is 9.64. The van der Waals surface area contributed by atoms with Crippen molar-refractivity contribution in [2.75, 3.05) is 0 Å². The predicted octanol–water partition coefficient (Wildman–Crippen LogP) is 3.65. The molecule has 1 fully saturated rings. The zero-order valence-electron chi connectivity index (χ0n) is 16.4. The van der Waals surface area contributed by atoms with E-state index >= 15 is 0 Å². The largest absolute Gasteiger partial charge is 0.390 e. The number of thiazole rings is 1. The molecule has 3 aromatic heterocycles. The smallest absolute Gasteiger partial charge is 0.113 e. The Balaban J connectivity index is 1.63. The maximum absolute atomic E-state index is 9.64. The average molecular weight is 427 g/mol. The van der Waals surface area contributed by atoms with Gasteiger partial charge in [0.25, 0.3) is 0 Å². The average Bonchev–Trinajstić information content (AvgIpc) is 3.45. The highest BCUT2D eigenvalue weighted by Gasteiger charge is 2.48. The lowest BCUT2D eigenvalue weighted by atomic mass is 9.68. The summed E-state index contributed by atoms with van der Waals surface area (Å²) < 4.78 is 0. The van der Waals surface area contributed by atoms with Crippen molar-refractivity contribution >= 4 is 22.2 Å². The van der Waals surface area contributed by atoms with Crippen LogP contribution in [0.4, 0.5) is 0 Å². The van der Waals surface area contributed by atoms with Crippen molar-refractivity contribution in [3.63, 3.8) is 0 Å². The molecule has 5 rings (SSSR count). The van der Waals surface area contributed by atoms with E-state index in [1.165, 1.54) is 11.3 Å². The molecule has 31 heavy (non-hydrogen) atoms. The SMILES string of the molecule is N#CC[C@]1(n2ncc(-c3cc(-c4scnc4CO)cc4ncccc34)n2)C[C@H](C#N)C1. The Labute approximate surface area is 182 Å². The van der Waals surface area contributed by atoms with Crippen LogP contribution < -0.4 is 0 Å². The Kier molecular flexibility index (Phi) is 4.70. The van der Waals surface area contributed by atoms with Crippen LogP contribution in [0.3, 0.4) is 0 Å². The first kappa shape index (κ1) is 19.3. The number of aromatic nitrogens is 5. The second-order valence-electron chi connectivity index (χ2n) is 7.69. The third kappa shape index (κ3) is 3.15. The number of aliphatic hydroxyl groups excluding tert-OH is 1. The van der Waals surface area contributed by atoms with Crippen molar-refractivity contribution in [2.45, 2.75) is 31.4 Å². The molecule has 152 valence electrons. The lowest BCUT2D eigenvalue weighted by Crippen LogP contribution is -2.47. The van der Waals surface area contributed by atoms with Crippen LogP contribution in [0.15, 0.2) is 42.2 Å². The summed E-state index contributed by atoms with van der Waals surface area (Å²) in [6, 6.07) is 12.4. The number of rotatable bonds is 5. The molecule has 0 saturated heterocycles. The van der Waals surface area contributed by atoms with Gasteiger partial charge in [0.2, 0.25) is 0 Å². The van der Waals surface area contributed by atoms with E-state index in [9.17, 15) is 15.6 Å². The summed E-state index contributed by atoms with van der Waals surface area (Å²) in [5, 5.41) is 38.3. The van der Waals surface area contributed by atoms with Gasteiger partial charge in [0.05, 0.1) is 64.4 Å². The fourth-order valence-electron chi connectivity index (χ4n) is 4.23. The Morgan fingerprint density at radius 3 is 2.90 bits per heavy atom. The second kappa shape index (κ2) is 7.55. The number of aliphatic hydroxyl groups is 1. The molecule has 0 radical (unpaired) electrons. The molecule has 0 bridgehead atoms. The van der Waals surface area contributed by atoms with Crippen molar-refractivity contribution in [3.8, 4) is 33.8 Å². The van der Waals surface area contributed by atoms with Gasteiger partial charge in [-0.1, -0.05) is 6.07 Å². The number of benzene rings is 1. The fraction of sp³-hybridized carbons (Fsp3) is 0.273. The molecule has 1 saturated carbocycles. The maximum Gasteiger partial charge on any atom is 0.113 e. The highest BCUT2D eigenvalue weighted by molar-refractivity contribution is 7.13. The van der Waals surface area contributed by atoms with Gasteiger partial charge in [-0.3, -0.25) is 4.98 Å². The Morgan fingerprint density at radius 1 is 1.26 bits per heavy atom. The van der Waals surface area contributed by atoms with E-state index in [1.807, 2.05) is 24.3 Å². The van der Waals surface area contributed by atoms with Gasteiger partial charge >= 0.3 is 0 Å². The van der Waals surface area contributed by atoms with Gasteiger partial charge in [0.1, 0.15) is 5.69 Å². The summed E-state index contributed by atoms with van der Waals surface area (Å²) in [5.41, 5.74) is 5.07. The van der Waals surface area contributed by atoms with Crippen LogP contribution in [0.5, 0.6) is 0 Å². The number of hydrogen-bond acceptors (Lipinski definition) is 8. The highest BCUT2D eigenvalue weighted by atomic mass is 32.1. The molecular weight excluding hydrogens is 410 g/mol. The summed E-state index contributed by atoms with van der Waals surface area (Å²) in [5.74, 6) is -0.0700. The normalized spacial score (nSPS) is 20.2. The van der Waals surface area contributed by atoms with Crippen molar-refractivity contribution < 1.29 is 5.11 Å². The molecular formula is C22H17N7OS. The van der Waals surface area contributed by atoms with Gasteiger partial charge in [-0.15, -0.1) is 11.3 Å². The van der Waals surface area contributed by atoms with Crippen molar-refractivity contribution in [2.24, 2.45) is 5.92 Å². The summed E-state index contributed by atoms with van der Waals surface area (Å²) in [6.07, 6.45) is 4.86. The minimum atomic E-state index is -0.527. The molecule has 0 amide bonds. The topological polar surface area (TPSA) is 124 Å². The molecule has 1 N–H and O–H groups in total. The number of fused-ring (bicyclic) bond motifs is 1. The molecule has 0 aliphatic heterocycles.